The van der Waals surface area contributed by atoms with E-state index in [4.69, 9.17) is 0 Å². The number of aromatic nitrogens is 2. The van der Waals surface area contributed by atoms with Gasteiger partial charge in [-0.15, -0.1) is 4.40 Å². The second-order valence-electron chi connectivity index (χ2n) is 6.89. The first-order valence-electron chi connectivity index (χ1n) is 9.32. The lowest BCUT2D eigenvalue weighted by molar-refractivity contribution is 0.478. The van der Waals surface area contributed by atoms with Gasteiger partial charge in [0.15, 0.2) is 11.5 Å². The molecule has 3 N–H and O–H groups in total. The van der Waals surface area contributed by atoms with E-state index >= 15 is 0 Å². The van der Waals surface area contributed by atoms with Gasteiger partial charge in [0.2, 0.25) is 0 Å². The van der Waals surface area contributed by atoms with Crippen molar-refractivity contribution in [3.05, 3.63) is 87.3 Å². The van der Waals surface area contributed by atoms with Gasteiger partial charge in [-0.05, 0) is 48.5 Å². The number of benzene rings is 2. The fourth-order valence-corrected chi connectivity index (χ4v) is 4.78. The van der Waals surface area contributed by atoms with Crippen molar-refractivity contribution >= 4 is 54.2 Å². The van der Waals surface area contributed by atoms with E-state index in [0.717, 1.165) is 9.15 Å². The van der Waals surface area contributed by atoms with Crippen molar-refractivity contribution in [1.82, 2.24) is 9.66 Å². The molecule has 0 aliphatic carbocycles. The van der Waals surface area contributed by atoms with E-state index in [-0.39, 0.29) is 33.0 Å². The molecule has 11 heteroatoms. The summed E-state index contributed by atoms with van der Waals surface area (Å²) < 4.78 is 31.2. The molecule has 3 heterocycles. The molecule has 0 saturated heterocycles. The van der Waals surface area contributed by atoms with Gasteiger partial charge in [0, 0.05) is 10.7 Å². The van der Waals surface area contributed by atoms with Crippen LogP contribution in [-0.2, 0) is 10.0 Å². The predicted molar refractivity (Wildman–Crippen MR) is 125 cm³/mol. The number of hydrogen-bond donors (Lipinski definition) is 3. The van der Waals surface area contributed by atoms with E-state index in [1.807, 2.05) is 0 Å². The Hall–Kier alpha value is -3.70. The second-order valence-corrected chi connectivity index (χ2v) is 9.38. The van der Waals surface area contributed by atoms with Gasteiger partial charge in [0.25, 0.3) is 15.6 Å². The molecule has 1 aliphatic heterocycles. The third-order valence-electron chi connectivity index (χ3n) is 4.86. The van der Waals surface area contributed by atoms with Crippen LogP contribution in [0.5, 0.6) is 5.75 Å². The molecular weight excluding hydrogens is 498 g/mol. The molecule has 0 unspecified atom stereocenters. The van der Waals surface area contributed by atoms with Crippen LogP contribution in [0.25, 0.3) is 11.0 Å². The molecule has 0 radical (unpaired) electrons. The maximum atomic E-state index is 13.5. The predicted octanol–water partition coefficient (Wildman–Crippen LogP) is 3.30. The summed E-state index contributed by atoms with van der Waals surface area (Å²) in [6.45, 7) is 0. The van der Waals surface area contributed by atoms with E-state index in [0.29, 0.717) is 5.69 Å². The Morgan fingerprint density at radius 3 is 2.56 bits per heavy atom. The number of amidine groups is 1. The van der Waals surface area contributed by atoms with E-state index in [1.165, 1.54) is 12.3 Å². The Kier molecular flexibility index (Phi) is 4.72. The summed E-state index contributed by atoms with van der Waals surface area (Å²) in [5, 5.41) is 14.0. The average Bonchev–Trinajstić information content (AvgIpc) is 2.78. The molecule has 0 bridgehead atoms. The highest BCUT2D eigenvalue weighted by Crippen LogP contribution is 2.31. The molecular formula is C21H14BrN5O4S. The molecule has 0 atom stereocenters. The lowest BCUT2D eigenvalue weighted by Crippen LogP contribution is -2.35. The Morgan fingerprint density at radius 1 is 1.03 bits per heavy atom. The third kappa shape index (κ3) is 3.31. The topological polar surface area (TPSA) is 126 Å². The highest BCUT2D eigenvalue weighted by molar-refractivity contribution is 9.10. The van der Waals surface area contributed by atoms with Gasteiger partial charge in [0.1, 0.15) is 16.2 Å². The first-order chi connectivity index (χ1) is 15.3. The first-order valence-corrected chi connectivity index (χ1v) is 11.6. The zero-order chi connectivity index (χ0) is 22.5. The monoisotopic (exact) mass is 511 g/mol. The molecule has 1 aliphatic rings. The first kappa shape index (κ1) is 20.2. The third-order valence-corrected chi connectivity index (χ3v) is 6.72. The number of fused-ring (bicyclic) bond motifs is 2. The standard InChI is InChI=1S/C21H14BrN5O4S/c22-12-7-9-13(10-8-12)25-27-20-14(4-3-11-23-20)18(28)17(21(27)29)19-24-15-5-1-2-6-16(15)32(30,31)26-19/h1-11,25,28H,(H,24,26). The van der Waals surface area contributed by atoms with Gasteiger partial charge in [-0.25, -0.2) is 4.98 Å². The summed E-state index contributed by atoms with van der Waals surface area (Å²) in [4.78, 5) is 17.7. The minimum Gasteiger partial charge on any atom is -0.506 e. The number of nitrogens with zero attached hydrogens (tertiary/aromatic N) is 3. The van der Waals surface area contributed by atoms with Crippen molar-refractivity contribution in [2.75, 3.05) is 10.7 Å². The number of para-hydroxylation sites is 1. The zero-order valence-electron chi connectivity index (χ0n) is 16.2. The number of hydrogen-bond acceptors (Lipinski definition) is 7. The molecule has 5 rings (SSSR count). The van der Waals surface area contributed by atoms with Gasteiger partial charge < -0.3 is 10.4 Å². The Morgan fingerprint density at radius 2 is 1.78 bits per heavy atom. The SMILES string of the molecule is O=c1c(C2=NS(=O)(=O)c3ccccc3N2)c(O)c2cccnc2n1Nc1ccc(Br)cc1. The van der Waals surface area contributed by atoms with Crippen LogP contribution in [0.3, 0.4) is 0 Å². The van der Waals surface area contributed by atoms with Gasteiger partial charge >= 0.3 is 0 Å². The molecule has 0 spiro atoms. The largest absolute Gasteiger partial charge is 0.506 e. The zero-order valence-corrected chi connectivity index (χ0v) is 18.6. The van der Waals surface area contributed by atoms with Crippen LogP contribution in [0.1, 0.15) is 5.56 Å². The molecule has 4 aromatic rings. The van der Waals surface area contributed by atoms with E-state index in [1.54, 1.807) is 54.6 Å². The van der Waals surface area contributed by atoms with Crippen LogP contribution >= 0.6 is 15.9 Å². The second kappa shape index (κ2) is 7.46. The van der Waals surface area contributed by atoms with Crippen LogP contribution in [0.4, 0.5) is 11.4 Å². The minimum atomic E-state index is -4.08. The van der Waals surface area contributed by atoms with E-state index in [9.17, 15) is 18.3 Å². The van der Waals surface area contributed by atoms with E-state index < -0.39 is 21.3 Å². The van der Waals surface area contributed by atoms with Gasteiger partial charge in [-0.1, -0.05) is 28.1 Å². The van der Waals surface area contributed by atoms with Crippen molar-refractivity contribution < 1.29 is 13.5 Å². The summed E-state index contributed by atoms with van der Waals surface area (Å²) in [5.41, 5.74) is 2.95. The molecule has 0 amide bonds. The number of aromatic hydroxyl groups is 1. The van der Waals surface area contributed by atoms with Crippen molar-refractivity contribution in [3.63, 3.8) is 0 Å². The smallest absolute Gasteiger partial charge is 0.286 e. The van der Waals surface area contributed by atoms with Gasteiger partial charge in [0.05, 0.1) is 16.8 Å². The van der Waals surface area contributed by atoms with Crippen LogP contribution in [0.15, 0.2) is 85.4 Å². The summed E-state index contributed by atoms with van der Waals surface area (Å²) in [7, 11) is -4.08. The number of halogens is 1. The highest BCUT2D eigenvalue weighted by Gasteiger charge is 2.30. The summed E-state index contributed by atoms with van der Waals surface area (Å²) in [6, 6.07) is 16.4. The molecule has 2 aromatic carbocycles. The van der Waals surface area contributed by atoms with Crippen molar-refractivity contribution in [1.29, 1.82) is 0 Å². The number of rotatable bonds is 3. The quantitative estimate of drug-likeness (QED) is 0.385. The fourth-order valence-electron chi connectivity index (χ4n) is 3.40. The fraction of sp³-hybridized carbons (Fsp3) is 0. The molecule has 32 heavy (non-hydrogen) atoms. The summed E-state index contributed by atoms with van der Waals surface area (Å²) >= 11 is 3.36. The van der Waals surface area contributed by atoms with Gasteiger partial charge in [-0.3, -0.25) is 10.2 Å². The molecule has 160 valence electrons. The van der Waals surface area contributed by atoms with E-state index in [2.05, 4.69) is 36.1 Å². The molecule has 2 aromatic heterocycles. The normalized spacial score (nSPS) is 14.3. The van der Waals surface area contributed by atoms with Gasteiger partial charge in [-0.2, -0.15) is 13.1 Å². The minimum absolute atomic E-state index is 0.0148. The van der Waals surface area contributed by atoms with Crippen LogP contribution < -0.4 is 16.3 Å². The average molecular weight is 512 g/mol. The maximum absolute atomic E-state index is 13.5. The Balaban J connectivity index is 1.75. The molecule has 9 nitrogen and oxygen atoms in total. The number of nitrogens with one attached hydrogen (secondary N) is 2. The molecule has 0 fully saturated rings. The number of pyridine rings is 2. The van der Waals surface area contributed by atoms with Crippen molar-refractivity contribution in [2.45, 2.75) is 4.90 Å². The van der Waals surface area contributed by atoms with Crippen LogP contribution in [-0.4, -0.2) is 29.0 Å². The number of anilines is 2. The summed E-state index contributed by atoms with van der Waals surface area (Å²) in [6.07, 6.45) is 1.48. The lowest BCUT2D eigenvalue weighted by Gasteiger charge is -2.20. The van der Waals surface area contributed by atoms with Crippen molar-refractivity contribution in [2.24, 2.45) is 4.40 Å². The summed E-state index contributed by atoms with van der Waals surface area (Å²) in [5.74, 6) is -0.698. The maximum Gasteiger partial charge on any atom is 0.286 e. The lowest BCUT2D eigenvalue weighted by atomic mass is 10.1. The molecule has 0 saturated carbocycles. The number of sulfonamides is 1. The van der Waals surface area contributed by atoms with Crippen LogP contribution in [0, 0.1) is 0 Å². The van der Waals surface area contributed by atoms with Crippen LogP contribution in [0.2, 0.25) is 0 Å². The Bertz CT molecular complexity index is 1580. The highest BCUT2D eigenvalue weighted by atomic mass is 79.9. The van der Waals surface area contributed by atoms with Crippen molar-refractivity contribution in [3.8, 4) is 5.75 Å². The Labute approximate surface area is 190 Å².